The van der Waals surface area contributed by atoms with E-state index in [2.05, 4.69) is 16.4 Å². The van der Waals surface area contributed by atoms with Crippen molar-refractivity contribution in [2.75, 3.05) is 11.9 Å². The molecule has 1 aliphatic rings. The summed E-state index contributed by atoms with van der Waals surface area (Å²) in [6.45, 7) is 0.743. The number of nitrogens with one attached hydrogen (secondary N) is 1. The van der Waals surface area contributed by atoms with Gasteiger partial charge in [-0.1, -0.05) is 0 Å². The van der Waals surface area contributed by atoms with Crippen molar-refractivity contribution in [3.8, 4) is 17.0 Å². The van der Waals surface area contributed by atoms with Crippen molar-refractivity contribution in [2.24, 2.45) is 0 Å². The molecular weight excluding hydrogens is 324 g/mol. The summed E-state index contributed by atoms with van der Waals surface area (Å²) in [4.78, 5) is 16.5. The summed E-state index contributed by atoms with van der Waals surface area (Å²) in [5.74, 6) is 1.71. The van der Waals surface area contributed by atoms with E-state index < -0.39 is 0 Å². The summed E-state index contributed by atoms with van der Waals surface area (Å²) >= 11 is 1.43. The van der Waals surface area contributed by atoms with E-state index >= 15 is 0 Å². The number of ether oxygens (including phenoxy) is 1. The number of rotatable bonds is 5. The second-order valence-electron chi connectivity index (χ2n) is 5.59. The van der Waals surface area contributed by atoms with Crippen LogP contribution < -0.4 is 10.1 Å². The molecule has 4 rings (SSSR count). The molecule has 0 bridgehead atoms. The first-order valence-corrected chi connectivity index (χ1v) is 8.70. The Labute approximate surface area is 143 Å². The van der Waals surface area contributed by atoms with Crippen molar-refractivity contribution in [1.82, 2.24) is 4.98 Å². The van der Waals surface area contributed by atoms with Crippen LogP contribution in [0.25, 0.3) is 11.3 Å². The Morgan fingerprint density at radius 2 is 2.29 bits per heavy atom. The number of carbonyl (C=O) groups excluding carboxylic acids is 1. The Hall–Kier alpha value is -2.60. The number of aryl methyl sites for hydroxylation is 1. The van der Waals surface area contributed by atoms with Crippen LogP contribution in [0.1, 0.15) is 17.7 Å². The summed E-state index contributed by atoms with van der Waals surface area (Å²) in [5, 5.41) is 5.42. The summed E-state index contributed by atoms with van der Waals surface area (Å²) in [7, 11) is 0. The fourth-order valence-corrected chi connectivity index (χ4v) is 3.42. The molecule has 24 heavy (non-hydrogen) atoms. The van der Waals surface area contributed by atoms with E-state index in [1.54, 1.807) is 6.26 Å². The number of aromatic nitrogens is 1. The summed E-state index contributed by atoms with van der Waals surface area (Å²) in [6.07, 6.45) is 3.51. The SMILES string of the molecule is O=C(CCc1ccco1)Nc1nc(-c2ccc3c(c2)CCO3)cs1. The highest BCUT2D eigenvalue weighted by Gasteiger charge is 2.14. The third-order valence-corrected chi connectivity index (χ3v) is 4.67. The molecule has 2 aromatic heterocycles. The lowest BCUT2D eigenvalue weighted by Gasteiger charge is -2.02. The number of benzene rings is 1. The molecule has 0 saturated carbocycles. The highest BCUT2D eigenvalue weighted by Crippen LogP contribution is 2.31. The van der Waals surface area contributed by atoms with Crippen LogP contribution in [0.5, 0.6) is 5.75 Å². The zero-order valence-corrected chi connectivity index (χ0v) is 13.8. The van der Waals surface area contributed by atoms with Crippen LogP contribution in [0.3, 0.4) is 0 Å². The number of fused-ring (bicyclic) bond motifs is 1. The lowest BCUT2D eigenvalue weighted by atomic mass is 10.1. The lowest BCUT2D eigenvalue weighted by Crippen LogP contribution is -2.11. The van der Waals surface area contributed by atoms with Crippen molar-refractivity contribution >= 4 is 22.4 Å². The fourth-order valence-electron chi connectivity index (χ4n) is 2.68. The topological polar surface area (TPSA) is 64.4 Å². The van der Waals surface area contributed by atoms with Gasteiger partial charge in [-0.25, -0.2) is 4.98 Å². The molecule has 1 N–H and O–H groups in total. The van der Waals surface area contributed by atoms with Gasteiger partial charge in [0, 0.05) is 30.2 Å². The molecule has 1 aliphatic heterocycles. The van der Waals surface area contributed by atoms with Crippen LogP contribution in [0.15, 0.2) is 46.4 Å². The van der Waals surface area contributed by atoms with Gasteiger partial charge in [-0.2, -0.15) is 0 Å². The number of carbonyl (C=O) groups is 1. The number of thiazole rings is 1. The molecule has 0 spiro atoms. The normalized spacial score (nSPS) is 12.7. The third kappa shape index (κ3) is 3.19. The van der Waals surface area contributed by atoms with Crippen LogP contribution in [0, 0.1) is 0 Å². The van der Waals surface area contributed by atoms with Crippen LogP contribution in [0.4, 0.5) is 5.13 Å². The van der Waals surface area contributed by atoms with Gasteiger partial charge in [0.05, 0.1) is 18.6 Å². The van der Waals surface area contributed by atoms with Crippen LogP contribution in [0.2, 0.25) is 0 Å². The molecule has 1 amide bonds. The number of hydrogen-bond acceptors (Lipinski definition) is 5. The van der Waals surface area contributed by atoms with E-state index in [1.165, 1.54) is 16.9 Å². The molecule has 0 fully saturated rings. The Kier molecular flexibility index (Phi) is 4.04. The first-order chi connectivity index (χ1) is 11.8. The zero-order chi connectivity index (χ0) is 16.4. The number of amides is 1. The maximum absolute atomic E-state index is 12.0. The van der Waals surface area contributed by atoms with Gasteiger partial charge in [-0.15, -0.1) is 11.3 Å². The average molecular weight is 340 g/mol. The van der Waals surface area contributed by atoms with Crippen molar-refractivity contribution in [3.63, 3.8) is 0 Å². The van der Waals surface area contributed by atoms with Gasteiger partial charge in [0.25, 0.3) is 0 Å². The van der Waals surface area contributed by atoms with E-state index in [0.29, 0.717) is 18.0 Å². The van der Waals surface area contributed by atoms with Gasteiger partial charge < -0.3 is 14.5 Å². The minimum atomic E-state index is -0.0605. The highest BCUT2D eigenvalue weighted by molar-refractivity contribution is 7.14. The Bertz CT molecular complexity index is 855. The number of hydrogen-bond donors (Lipinski definition) is 1. The molecule has 0 saturated heterocycles. The number of furan rings is 1. The highest BCUT2D eigenvalue weighted by atomic mass is 32.1. The maximum atomic E-state index is 12.0. The molecule has 5 nitrogen and oxygen atoms in total. The monoisotopic (exact) mass is 340 g/mol. The predicted octanol–water partition coefficient (Wildman–Crippen LogP) is 3.91. The quantitative estimate of drug-likeness (QED) is 0.765. The molecule has 1 aromatic carbocycles. The standard InChI is InChI=1S/C18H16N2O3S/c21-17(6-4-14-2-1-8-22-14)20-18-19-15(11-24-18)12-3-5-16-13(10-12)7-9-23-16/h1-3,5,8,10-11H,4,6-7,9H2,(H,19,20,21). The van der Waals surface area contributed by atoms with E-state index in [-0.39, 0.29) is 5.91 Å². The zero-order valence-electron chi connectivity index (χ0n) is 13.0. The second kappa shape index (κ2) is 6.49. The summed E-state index contributed by atoms with van der Waals surface area (Å²) < 4.78 is 10.8. The summed E-state index contributed by atoms with van der Waals surface area (Å²) in [5.41, 5.74) is 3.13. The minimum Gasteiger partial charge on any atom is -0.493 e. The van der Waals surface area contributed by atoms with Gasteiger partial charge >= 0.3 is 0 Å². The van der Waals surface area contributed by atoms with E-state index in [9.17, 15) is 4.79 Å². The van der Waals surface area contributed by atoms with Gasteiger partial charge in [0.15, 0.2) is 5.13 Å². The Morgan fingerprint density at radius 1 is 1.33 bits per heavy atom. The first kappa shape index (κ1) is 15.0. The number of anilines is 1. The molecule has 6 heteroatoms. The minimum absolute atomic E-state index is 0.0605. The van der Waals surface area contributed by atoms with Gasteiger partial charge in [-0.05, 0) is 35.9 Å². The molecule has 0 unspecified atom stereocenters. The van der Waals surface area contributed by atoms with Gasteiger partial charge in [0.1, 0.15) is 11.5 Å². The van der Waals surface area contributed by atoms with Crippen molar-refractivity contribution in [2.45, 2.75) is 19.3 Å². The average Bonchev–Trinajstić information content (AvgIpc) is 3.33. The maximum Gasteiger partial charge on any atom is 0.226 e. The number of nitrogens with zero attached hydrogens (tertiary/aromatic N) is 1. The molecule has 3 aromatic rings. The first-order valence-electron chi connectivity index (χ1n) is 7.82. The summed E-state index contributed by atoms with van der Waals surface area (Å²) in [6, 6.07) is 9.79. The molecule has 0 radical (unpaired) electrons. The van der Waals surface area contributed by atoms with Crippen LogP contribution in [-0.2, 0) is 17.6 Å². The van der Waals surface area contributed by atoms with Gasteiger partial charge in [0.2, 0.25) is 5.91 Å². The van der Waals surface area contributed by atoms with Crippen molar-refractivity contribution < 1.29 is 13.9 Å². The molecule has 0 aliphatic carbocycles. The van der Waals surface area contributed by atoms with Crippen LogP contribution >= 0.6 is 11.3 Å². The lowest BCUT2D eigenvalue weighted by molar-refractivity contribution is -0.116. The molecular formula is C18H16N2O3S. The fraction of sp³-hybridized carbons (Fsp3) is 0.222. The van der Waals surface area contributed by atoms with Crippen LogP contribution in [-0.4, -0.2) is 17.5 Å². The van der Waals surface area contributed by atoms with Crippen molar-refractivity contribution in [3.05, 3.63) is 53.3 Å². The Balaban J connectivity index is 1.40. The largest absolute Gasteiger partial charge is 0.493 e. The van der Waals surface area contributed by atoms with Gasteiger partial charge in [-0.3, -0.25) is 4.79 Å². The second-order valence-corrected chi connectivity index (χ2v) is 6.44. The Morgan fingerprint density at radius 3 is 3.17 bits per heavy atom. The van der Waals surface area contributed by atoms with Crippen molar-refractivity contribution in [1.29, 1.82) is 0 Å². The third-order valence-electron chi connectivity index (χ3n) is 3.91. The molecule has 3 heterocycles. The van der Waals surface area contributed by atoms with E-state index in [4.69, 9.17) is 9.15 Å². The molecule has 0 atom stereocenters. The predicted molar refractivity (Wildman–Crippen MR) is 92.4 cm³/mol. The molecule has 122 valence electrons. The smallest absolute Gasteiger partial charge is 0.226 e. The van der Waals surface area contributed by atoms with E-state index in [0.717, 1.165) is 35.8 Å². The van der Waals surface area contributed by atoms with E-state index in [1.807, 2.05) is 29.6 Å².